The van der Waals surface area contributed by atoms with E-state index in [9.17, 15) is 12.8 Å². The zero-order valence-corrected chi connectivity index (χ0v) is 15.6. The van der Waals surface area contributed by atoms with Crippen molar-refractivity contribution < 1.29 is 12.8 Å². The molecule has 0 fully saturated rings. The number of amidine groups is 1. The fourth-order valence-electron chi connectivity index (χ4n) is 2.98. The molecule has 2 aromatic carbocycles. The van der Waals surface area contributed by atoms with E-state index in [-0.39, 0.29) is 4.90 Å². The van der Waals surface area contributed by atoms with E-state index in [0.29, 0.717) is 11.3 Å². The van der Waals surface area contributed by atoms with E-state index in [0.717, 1.165) is 35.6 Å². The van der Waals surface area contributed by atoms with Gasteiger partial charge in [0.1, 0.15) is 5.82 Å². The number of fused-ring (bicyclic) bond motifs is 1. The predicted molar refractivity (Wildman–Crippen MR) is 103 cm³/mol. The second-order valence-corrected chi connectivity index (χ2v) is 8.52. The first-order chi connectivity index (χ1) is 12.4. The summed E-state index contributed by atoms with van der Waals surface area (Å²) in [6.45, 7) is 3.24. The number of aryl methyl sites for hydroxylation is 1. The van der Waals surface area contributed by atoms with Gasteiger partial charge < -0.3 is 4.90 Å². The van der Waals surface area contributed by atoms with E-state index in [1.807, 2.05) is 12.1 Å². The maximum Gasteiger partial charge on any atom is 0.262 e. The molecule has 0 atom stereocenters. The molecule has 0 amide bonds. The number of nitrogens with zero attached hydrogens (tertiary/aromatic N) is 2. The molecule has 4 rings (SSSR count). The van der Waals surface area contributed by atoms with Crippen molar-refractivity contribution in [2.75, 3.05) is 17.8 Å². The van der Waals surface area contributed by atoms with Gasteiger partial charge in [0.15, 0.2) is 5.17 Å². The maximum atomic E-state index is 13.2. The second-order valence-electron chi connectivity index (χ2n) is 6.03. The molecule has 26 heavy (non-hydrogen) atoms. The monoisotopic (exact) mass is 389 g/mol. The van der Waals surface area contributed by atoms with Crippen LogP contribution in [-0.2, 0) is 10.0 Å². The highest BCUT2D eigenvalue weighted by Gasteiger charge is 2.27. The van der Waals surface area contributed by atoms with E-state index in [1.54, 1.807) is 30.8 Å². The molecule has 2 aromatic rings. The van der Waals surface area contributed by atoms with E-state index in [2.05, 4.69) is 20.0 Å². The van der Waals surface area contributed by atoms with Crippen LogP contribution in [0.25, 0.3) is 5.70 Å². The normalized spacial score (nSPS) is 16.3. The molecule has 0 aromatic heterocycles. The molecule has 5 nitrogen and oxygen atoms in total. The van der Waals surface area contributed by atoms with Crippen molar-refractivity contribution in [3.8, 4) is 0 Å². The van der Waals surface area contributed by atoms with Gasteiger partial charge in [-0.15, -0.1) is 0 Å². The van der Waals surface area contributed by atoms with Gasteiger partial charge in [0, 0.05) is 17.6 Å². The van der Waals surface area contributed by atoms with E-state index < -0.39 is 15.8 Å². The van der Waals surface area contributed by atoms with Crippen LogP contribution in [0.15, 0.2) is 57.8 Å². The Bertz CT molecular complexity index is 1030. The molecule has 134 valence electrons. The third-order valence-corrected chi connectivity index (χ3v) is 6.67. The van der Waals surface area contributed by atoms with Crippen LogP contribution in [-0.4, -0.2) is 31.6 Å². The lowest BCUT2D eigenvalue weighted by atomic mass is 10.1. The highest BCUT2D eigenvalue weighted by Crippen LogP contribution is 2.35. The highest BCUT2D eigenvalue weighted by atomic mass is 32.2. The Morgan fingerprint density at radius 3 is 2.69 bits per heavy atom. The van der Waals surface area contributed by atoms with Crippen molar-refractivity contribution in [2.24, 2.45) is 4.99 Å². The number of thioether (sulfide) groups is 1. The number of nitrogens with one attached hydrogen (secondary N) is 1. The lowest BCUT2D eigenvalue weighted by Crippen LogP contribution is -2.19. The largest absolute Gasteiger partial charge is 0.318 e. The molecule has 0 aliphatic carbocycles. The quantitative estimate of drug-likeness (QED) is 0.867. The summed E-state index contributed by atoms with van der Waals surface area (Å²) in [6.07, 6.45) is 0. The number of hydrogen-bond donors (Lipinski definition) is 1. The van der Waals surface area contributed by atoms with Gasteiger partial charge in [-0.1, -0.05) is 23.9 Å². The Morgan fingerprint density at radius 2 is 1.96 bits per heavy atom. The number of anilines is 1. The fourth-order valence-corrected chi connectivity index (χ4v) is 5.23. The van der Waals surface area contributed by atoms with Crippen LogP contribution < -0.4 is 4.72 Å². The van der Waals surface area contributed by atoms with Crippen molar-refractivity contribution in [1.82, 2.24) is 4.90 Å². The Labute approximate surface area is 155 Å². The van der Waals surface area contributed by atoms with E-state index in [4.69, 9.17) is 0 Å². The average molecular weight is 389 g/mol. The SMILES string of the molecule is Cc1cc(F)ccc1S(=O)(=O)Nc1ccc(C2=CSC3=NCCN23)cc1. The first-order valence-electron chi connectivity index (χ1n) is 8.02. The molecule has 0 saturated carbocycles. The standard InChI is InChI=1S/C18H16FN3O2S2/c1-12-10-14(19)4-7-17(12)26(23,24)21-15-5-2-13(3-6-15)16-11-25-18-20-8-9-22(16)18/h2-7,10-11,21H,8-9H2,1H3. The summed E-state index contributed by atoms with van der Waals surface area (Å²) in [4.78, 5) is 6.65. The Balaban J connectivity index is 1.55. The molecular formula is C18H16FN3O2S2. The summed E-state index contributed by atoms with van der Waals surface area (Å²) in [5.41, 5.74) is 2.91. The van der Waals surface area contributed by atoms with Crippen LogP contribution in [0, 0.1) is 12.7 Å². The minimum Gasteiger partial charge on any atom is -0.318 e. The molecule has 0 radical (unpaired) electrons. The number of aliphatic imine (C=N–C) groups is 1. The fraction of sp³-hybridized carbons (Fsp3) is 0.167. The Kier molecular flexibility index (Phi) is 4.24. The third kappa shape index (κ3) is 3.10. The molecule has 2 heterocycles. The summed E-state index contributed by atoms with van der Waals surface area (Å²) < 4.78 is 40.9. The lowest BCUT2D eigenvalue weighted by molar-refractivity contribution is 0.598. The zero-order chi connectivity index (χ0) is 18.3. The van der Waals surface area contributed by atoms with Gasteiger partial charge in [-0.25, -0.2) is 12.8 Å². The van der Waals surface area contributed by atoms with Gasteiger partial charge in [-0.05, 0) is 48.4 Å². The summed E-state index contributed by atoms with van der Waals surface area (Å²) in [6, 6.07) is 10.8. The molecule has 0 unspecified atom stereocenters. The van der Waals surface area contributed by atoms with E-state index >= 15 is 0 Å². The number of sulfonamides is 1. The lowest BCUT2D eigenvalue weighted by Gasteiger charge is -2.17. The van der Waals surface area contributed by atoms with Crippen molar-refractivity contribution in [2.45, 2.75) is 11.8 Å². The first-order valence-corrected chi connectivity index (χ1v) is 10.4. The molecular weight excluding hydrogens is 373 g/mol. The first kappa shape index (κ1) is 17.1. The molecule has 2 aliphatic rings. The Morgan fingerprint density at radius 1 is 1.19 bits per heavy atom. The maximum absolute atomic E-state index is 13.2. The molecule has 8 heteroatoms. The highest BCUT2D eigenvalue weighted by molar-refractivity contribution is 8.16. The van der Waals surface area contributed by atoms with Crippen LogP contribution in [0.5, 0.6) is 0 Å². The second kappa shape index (κ2) is 6.44. The van der Waals surface area contributed by atoms with Crippen LogP contribution in [0.2, 0.25) is 0 Å². The zero-order valence-electron chi connectivity index (χ0n) is 13.9. The minimum absolute atomic E-state index is 0.0656. The van der Waals surface area contributed by atoms with Gasteiger partial charge in [0.05, 0.1) is 17.1 Å². The van der Waals surface area contributed by atoms with Crippen molar-refractivity contribution >= 4 is 38.3 Å². The van der Waals surface area contributed by atoms with Gasteiger partial charge >= 0.3 is 0 Å². The predicted octanol–water partition coefficient (Wildman–Crippen LogP) is 3.65. The molecule has 2 aliphatic heterocycles. The van der Waals surface area contributed by atoms with Gasteiger partial charge in [0.2, 0.25) is 0 Å². The average Bonchev–Trinajstić information content (AvgIpc) is 3.18. The van der Waals surface area contributed by atoms with Gasteiger partial charge in [-0.3, -0.25) is 9.71 Å². The third-order valence-electron chi connectivity index (χ3n) is 4.23. The van der Waals surface area contributed by atoms with Gasteiger partial charge in [0.25, 0.3) is 10.0 Å². The number of halogens is 1. The summed E-state index contributed by atoms with van der Waals surface area (Å²) in [5, 5.41) is 3.07. The van der Waals surface area contributed by atoms with Crippen molar-refractivity contribution in [3.63, 3.8) is 0 Å². The van der Waals surface area contributed by atoms with Crippen molar-refractivity contribution in [1.29, 1.82) is 0 Å². The number of hydrogen-bond acceptors (Lipinski definition) is 5. The van der Waals surface area contributed by atoms with Crippen molar-refractivity contribution in [3.05, 3.63) is 64.8 Å². The topological polar surface area (TPSA) is 61.8 Å². The number of rotatable bonds is 4. The van der Waals surface area contributed by atoms with E-state index in [1.165, 1.54) is 12.1 Å². The van der Waals surface area contributed by atoms with Gasteiger partial charge in [-0.2, -0.15) is 0 Å². The molecule has 0 bridgehead atoms. The minimum atomic E-state index is -3.77. The molecule has 0 spiro atoms. The van der Waals surface area contributed by atoms with Crippen LogP contribution in [0.1, 0.15) is 11.1 Å². The van der Waals surface area contributed by atoms with Crippen LogP contribution in [0.3, 0.4) is 0 Å². The summed E-state index contributed by atoms with van der Waals surface area (Å²) in [5.74, 6) is -0.460. The molecule has 1 N–H and O–H groups in total. The van der Waals surface area contributed by atoms with Crippen LogP contribution in [0.4, 0.5) is 10.1 Å². The molecule has 0 saturated heterocycles. The Hall–Kier alpha value is -2.32. The van der Waals surface area contributed by atoms with Crippen LogP contribution >= 0.6 is 11.8 Å². The summed E-state index contributed by atoms with van der Waals surface area (Å²) >= 11 is 1.60. The smallest absolute Gasteiger partial charge is 0.262 e. The number of benzene rings is 2. The summed E-state index contributed by atoms with van der Waals surface area (Å²) in [7, 11) is -3.77.